The molecular weight excluding hydrogens is 242 g/mol. The fraction of sp³-hybridized carbons (Fsp3) is 0.571. The molecule has 2 rings (SSSR count). The third-order valence-corrected chi connectivity index (χ3v) is 3.81. The molecular formula is C14H21N3O2. The van der Waals surface area contributed by atoms with E-state index in [1.165, 1.54) is 12.5 Å². The van der Waals surface area contributed by atoms with Gasteiger partial charge in [-0.05, 0) is 37.8 Å². The highest BCUT2D eigenvalue weighted by molar-refractivity contribution is 5.34. The van der Waals surface area contributed by atoms with Gasteiger partial charge in [-0.15, -0.1) is 0 Å². The van der Waals surface area contributed by atoms with Crippen molar-refractivity contribution in [1.29, 1.82) is 0 Å². The van der Waals surface area contributed by atoms with Gasteiger partial charge in [-0.3, -0.25) is 15.0 Å². The molecule has 1 aromatic carbocycles. The predicted molar refractivity (Wildman–Crippen MR) is 74.7 cm³/mol. The van der Waals surface area contributed by atoms with Gasteiger partial charge in [0.25, 0.3) is 5.69 Å². The molecule has 2 unspecified atom stereocenters. The Labute approximate surface area is 113 Å². The molecule has 1 heterocycles. The summed E-state index contributed by atoms with van der Waals surface area (Å²) in [4.78, 5) is 12.8. The molecule has 1 saturated heterocycles. The first-order valence-electron chi connectivity index (χ1n) is 6.77. The topological polar surface area (TPSA) is 72.4 Å². The van der Waals surface area contributed by atoms with Crippen LogP contribution in [0.15, 0.2) is 24.3 Å². The molecule has 0 bridgehead atoms. The van der Waals surface area contributed by atoms with Gasteiger partial charge in [0, 0.05) is 31.3 Å². The zero-order valence-electron chi connectivity index (χ0n) is 11.3. The van der Waals surface area contributed by atoms with Crippen molar-refractivity contribution in [3.8, 4) is 0 Å². The summed E-state index contributed by atoms with van der Waals surface area (Å²) in [6.45, 7) is 4.86. The first kappa shape index (κ1) is 14.0. The standard InChI is InChI=1S/C14H21N3O2/c1-11(15)13-5-3-7-16(10-13)9-12-4-2-6-14(8-12)17(18)19/h2,4,6,8,11,13H,3,5,7,9-10,15H2,1H3. The zero-order valence-corrected chi connectivity index (χ0v) is 11.3. The maximum Gasteiger partial charge on any atom is 0.269 e. The lowest BCUT2D eigenvalue weighted by molar-refractivity contribution is -0.384. The highest BCUT2D eigenvalue weighted by Crippen LogP contribution is 2.21. The van der Waals surface area contributed by atoms with Crippen molar-refractivity contribution in [2.45, 2.75) is 32.4 Å². The molecule has 1 aliphatic heterocycles. The lowest BCUT2D eigenvalue weighted by atomic mass is 9.92. The second-order valence-corrected chi connectivity index (χ2v) is 5.42. The van der Waals surface area contributed by atoms with Gasteiger partial charge in [0.05, 0.1) is 4.92 Å². The molecule has 0 amide bonds. The van der Waals surface area contributed by atoms with Gasteiger partial charge in [-0.1, -0.05) is 12.1 Å². The molecule has 2 atom stereocenters. The molecule has 0 aliphatic carbocycles. The number of hydrogen-bond acceptors (Lipinski definition) is 4. The molecule has 1 aliphatic rings. The van der Waals surface area contributed by atoms with Gasteiger partial charge in [0.2, 0.25) is 0 Å². The number of non-ortho nitro benzene ring substituents is 1. The van der Waals surface area contributed by atoms with E-state index in [1.807, 2.05) is 6.07 Å². The van der Waals surface area contributed by atoms with E-state index in [9.17, 15) is 10.1 Å². The highest BCUT2D eigenvalue weighted by Gasteiger charge is 2.22. The van der Waals surface area contributed by atoms with Crippen molar-refractivity contribution in [1.82, 2.24) is 4.90 Å². The number of nitro groups is 1. The average Bonchev–Trinajstić information content (AvgIpc) is 2.39. The average molecular weight is 263 g/mol. The molecule has 19 heavy (non-hydrogen) atoms. The summed E-state index contributed by atoms with van der Waals surface area (Å²) in [5.74, 6) is 0.535. The lowest BCUT2D eigenvalue weighted by Crippen LogP contribution is -2.41. The van der Waals surface area contributed by atoms with Crippen molar-refractivity contribution in [3.63, 3.8) is 0 Å². The normalized spacial score (nSPS) is 22.1. The summed E-state index contributed by atoms with van der Waals surface area (Å²) in [7, 11) is 0. The number of rotatable bonds is 4. The van der Waals surface area contributed by atoms with Gasteiger partial charge in [-0.25, -0.2) is 0 Å². The van der Waals surface area contributed by atoms with Crippen LogP contribution in [0.2, 0.25) is 0 Å². The monoisotopic (exact) mass is 263 g/mol. The summed E-state index contributed by atoms with van der Waals surface area (Å²) < 4.78 is 0. The van der Waals surface area contributed by atoms with E-state index in [0.717, 1.165) is 31.6 Å². The first-order chi connectivity index (χ1) is 9.06. The molecule has 104 valence electrons. The molecule has 2 N–H and O–H groups in total. The van der Waals surface area contributed by atoms with E-state index in [2.05, 4.69) is 11.8 Å². The summed E-state index contributed by atoms with van der Waals surface area (Å²) >= 11 is 0. The van der Waals surface area contributed by atoms with Crippen molar-refractivity contribution in [2.24, 2.45) is 11.7 Å². The third-order valence-electron chi connectivity index (χ3n) is 3.81. The Morgan fingerprint density at radius 3 is 3.05 bits per heavy atom. The minimum absolute atomic E-state index is 0.165. The number of piperidine rings is 1. The van der Waals surface area contributed by atoms with Crippen LogP contribution in [0.3, 0.4) is 0 Å². The largest absolute Gasteiger partial charge is 0.328 e. The number of nitro benzene ring substituents is 1. The van der Waals surface area contributed by atoms with Gasteiger partial charge >= 0.3 is 0 Å². The van der Waals surface area contributed by atoms with E-state index in [-0.39, 0.29) is 16.7 Å². The Bertz CT molecular complexity index is 448. The second kappa shape index (κ2) is 6.12. The van der Waals surface area contributed by atoms with Crippen LogP contribution in [0.1, 0.15) is 25.3 Å². The zero-order chi connectivity index (χ0) is 13.8. The van der Waals surface area contributed by atoms with E-state index in [1.54, 1.807) is 12.1 Å². The fourth-order valence-electron chi connectivity index (χ4n) is 2.69. The van der Waals surface area contributed by atoms with Crippen LogP contribution in [0, 0.1) is 16.0 Å². The summed E-state index contributed by atoms with van der Waals surface area (Å²) in [6, 6.07) is 7.11. The van der Waals surface area contributed by atoms with E-state index >= 15 is 0 Å². The molecule has 5 nitrogen and oxygen atoms in total. The lowest BCUT2D eigenvalue weighted by Gasteiger charge is -2.34. The van der Waals surface area contributed by atoms with E-state index in [0.29, 0.717) is 5.92 Å². The Kier molecular flexibility index (Phi) is 4.50. The van der Waals surface area contributed by atoms with Gasteiger partial charge in [-0.2, -0.15) is 0 Å². The van der Waals surface area contributed by atoms with Crippen LogP contribution in [-0.2, 0) is 6.54 Å². The quantitative estimate of drug-likeness (QED) is 0.667. The van der Waals surface area contributed by atoms with Crippen LogP contribution in [0.25, 0.3) is 0 Å². The minimum atomic E-state index is -0.343. The predicted octanol–water partition coefficient (Wildman–Crippen LogP) is 2.15. The maximum absolute atomic E-state index is 10.8. The SMILES string of the molecule is CC(N)C1CCCN(Cc2cccc([N+](=O)[O-])c2)C1. The summed E-state index contributed by atoms with van der Waals surface area (Å²) in [5, 5.41) is 10.8. The van der Waals surface area contributed by atoms with Crippen LogP contribution < -0.4 is 5.73 Å². The third kappa shape index (κ3) is 3.75. The van der Waals surface area contributed by atoms with Crippen molar-refractivity contribution in [2.75, 3.05) is 13.1 Å². The molecule has 5 heteroatoms. The summed E-state index contributed by atoms with van der Waals surface area (Å²) in [6.07, 6.45) is 2.34. The van der Waals surface area contributed by atoms with Crippen LogP contribution in [-0.4, -0.2) is 29.0 Å². The molecule has 0 aromatic heterocycles. The number of likely N-dealkylation sites (tertiary alicyclic amines) is 1. The Morgan fingerprint density at radius 1 is 1.58 bits per heavy atom. The van der Waals surface area contributed by atoms with Gasteiger partial charge < -0.3 is 5.73 Å². The van der Waals surface area contributed by atoms with Crippen molar-refractivity contribution >= 4 is 5.69 Å². The molecule has 1 aromatic rings. The molecule has 0 spiro atoms. The van der Waals surface area contributed by atoms with E-state index in [4.69, 9.17) is 5.73 Å². The fourth-order valence-corrected chi connectivity index (χ4v) is 2.69. The van der Waals surface area contributed by atoms with Crippen molar-refractivity contribution < 1.29 is 4.92 Å². The molecule has 1 fully saturated rings. The Morgan fingerprint density at radius 2 is 2.37 bits per heavy atom. The van der Waals surface area contributed by atoms with Gasteiger partial charge in [0.1, 0.15) is 0 Å². The number of nitrogens with two attached hydrogens (primary N) is 1. The minimum Gasteiger partial charge on any atom is -0.328 e. The van der Waals surface area contributed by atoms with Gasteiger partial charge in [0.15, 0.2) is 0 Å². The van der Waals surface area contributed by atoms with Crippen molar-refractivity contribution in [3.05, 3.63) is 39.9 Å². The maximum atomic E-state index is 10.8. The highest BCUT2D eigenvalue weighted by atomic mass is 16.6. The molecule has 0 saturated carbocycles. The Balaban J connectivity index is 2.00. The van der Waals surface area contributed by atoms with Crippen LogP contribution in [0.4, 0.5) is 5.69 Å². The van der Waals surface area contributed by atoms with E-state index < -0.39 is 0 Å². The number of nitrogens with zero attached hydrogens (tertiary/aromatic N) is 2. The van der Waals surface area contributed by atoms with Crippen LogP contribution in [0.5, 0.6) is 0 Å². The smallest absolute Gasteiger partial charge is 0.269 e. The second-order valence-electron chi connectivity index (χ2n) is 5.42. The number of benzene rings is 1. The number of hydrogen-bond donors (Lipinski definition) is 1. The first-order valence-corrected chi connectivity index (χ1v) is 6.77. The Hall–Kier alpha value is -1.46. The van der Waals surface area contributed by atoms with Crippen LogP contribution >= 0.6 is 0 Å². The molecule has 0 radical (unpaired) electrons. The summed E-state index contributed by atoms with van der Waals surface area (Å²) in [5.41, 5.74) is 7.14.